The number of carbonyl (C=O) groups is 1. The summed E-state index contributed by atoms with van der Waals surface area (Å²) < 4.78 is 26.4. The van der Waals surface area contributed by atoms with E-state index in [4.69, 9.17) is 10.7 Å². The van der Waals surface area contributed by atoms with E-state index in [1.807, 2.05) is 17.2 Å². The van der Waals surface area contributed by atoms with Crippen LogP contribution in [0.25, 0.3) is 11.3 Å². The number of nitrogens with zero attached hydrogens (tertiary/aromatic N) is 6. The van der Waals surface area contributed by atoms with Crippen LogP contribution in [0.4, 0.5) is 11.6 Å². The Morgan fingerprint density at radius 3 is 2.54 bits per heavy atom. The Hall–Kier alpha value is -3.51. The molecule has 2 fully saturated rings. The minimum absolute atomic E-state index is 0.0397. The SMILES string of the molecule is CS(=O)(=O)c1cccc(-c2cn(CCN3CCC3)c(C3CCN(c4ncnc(N)c4C(=O)O)CC3)n2)c1. The molecule has 12 heteroatoms. The number of anilines is 2. The van der Waals surface area contributed by atoms with Crippen molar-refractivity contribution in [2.75, 3.05) is 49.6 Å². The highest BCUT2D eigenvalue weighted by molar-refractivity contribution is 7.90. The summed E-state index contributed by atoms with van der Waals surface area (Å²) in [7, 11) is -3.33. The van der Waals surface area contributed by atoms with Gasteiger partial charge in [0.1, 0.15) is 29.4 Å². The van der Waals surface area contributed by atoms with E-state index in [-0.39, 0.29) is 22.2 Å². The van der Waals surface area contributed by atoms with E-state index in [0.717, 1.165) is 56.1 Å². The van der Waals surface area contributed by atoms with Crippen LogP contribution in [-0.4, -0.2) is 82.9 Å². The summed E-state index contributed by atoms with van der Waals surface area (Å²) >= 11 is 0. The fraction of sp³-hybridized carbons (Fsp3) is 0.440. The molecule has 0 spiro atoms. The summed E-state index contributed by atoms with van der Waals surface area (Å²) in [6.07, 6.45) is 7.29. The molecular weight excluding hydrogens is 494 g/mol. The van der Waals surface area contributed by atoms with Crippen LogP contribution in [0, 0.1) is 0 Å². The molecule has 0 radical (unpaired) electrons. The smallest absolute Gasteiger partial charge is 0.343 e. The summed E-state index contributed by atoms with van der Waals surface area (Å²) in [5.74, 6) is 0.310. The Balaban J connectivity index is 1.40. The normalized spacial score (nSPS) is 17.1. The maximum Gasteiger partial charge on any atom is 0.343 e. The van der Waals surface area contributed by atoms with Crippen LogP contribution in [0.1, 0.15) is 41.4 Å². The Morgan fingerprint density at radius 1 is 1.14 bits per heavy atom. The Kier molecular flexibility index (Phi) is 6.86. The zero-order chi connectivity index (χ0) is 26.2. The van der Waals surface area contributed by atoms with Gasteiger partial charge in [-0.2, -0.15) is 0 Å². The van der Waals surface area contributed by atoms with Gasteiger partial charge in [-0.05, 0) is 44.5 Å². The van der Waals surface area contributed by atoms with Crippen LogP contribution >= 0.6 is 0 Å². The van der Waals surface area contributed by atoms with Gasteiger partial charge in [-0.15, -0.1) is 0 Å². The quantitative estimate of drug-likeness (QED) is 0.448. The third-order valence-electron chi connectivity index (χ3n) is 7.20. The van der Waals surface area contributed by atoms with Crippen LogP contribution in [-0.2, 0) is 16.4 Å². The van der Waals surface area contributed by atoms with Crippen LogP contribution in [0.15, 0.2) is 41.7 Å². The van der Waals surface area contributed by atoms with Gasteiger partial charge in [0.15, 0.2) is 9.84 Å². The third-order valence-corrected chi connectivity index (χ3v) is 8.31. The molecule has 4 heterocycles. The predicted molar refractivity (Wildman–Crippen MR) is 139 cm³/mol. The molecular formula is C25H31N7O4S. The molecule has 0 saturated carbocycles. The second-order valence-corrected chi connectivity index (χ2v) is 11.7. The summed E-state index contributed by atoms with van der Waals surface area (Å²) in [4.78, 5) is 29.4. The third kappa shape index (κ3) is 5.30. The largest absolute Gasteiger partial charge is 0.477 e. The van der Waals surface area contributed by atoms with Gasteiger partial charge in [-0.1, -0.05) is 12.1 Å². The minimum Gasteiger partial charge on any atom is -0.477 e. The van der Waals surface area contributed by atoms with Crippen LogP contribution in [0.5, 0.6) is 0 Å². The average Bonchev–Trinajstić information content (AvgIpc) is 3.26. The molecule has 0 atom stereocenters. The maximum absolute atomic E-state index is 12.1. The van der Waals surface area contributed by atoms with E-state index in [0.29, 0.717) is 18.9 Å². The number of rotatable bonds is 8. The molecule has 2 aromatic heterocycles. The van der Waals surface area contributed by atoms with E-state index < -0.39 is 15.8 Å². The van der Waals surface area contributed by atoms with Crippen LogP contribution in [0.2, 0.25) is 0 Å². The zero-order valence-corrected chi connectivity index (χ0v) is 21.6. The molecule has 2 aliphatic heterocycles. The second-order valence-electron chi connectivity index (χ2n) is 9.70. The van der Waals surface area contributed by atoms with Crippen molar-refractivity contribution in [2.24, 2.45) is 0 Å². The van der Waals surface area contributed by atoms with Gasteiger partial charge in [-0.3, -0.25) is 0 Å². The lowest BCUT2D eigenvalue weighted by atomic mass is 9.95. The molecule has 3 aromatic rings. The number of nitrogens with two attached hydrogens (primary N) is 1. The molecule has 196 valence electrons. The number of hydrogen-bond acceptors (Lipinski definition) is 9. The molecule has 2 aliphatic rings. The first-order valence-electron chi connectivity index (χ1n) is 12.4. The summed E-state index contributed by atoms with van der Waals surface area (Å²) in [5, 5.41) is 9.61. The highest BCUT2D eigenvalue weighted by Gasteiger charge is 2.29. The molecule has 11 nitrogen and oxygen atoms in total. The molecule has 0 aliphatic carbocycles. The Bertz CT molecular complexity index is 1410. The summed E-state index contributed by atoms with van der Waals surface area (Å²) in [6.45, 7) is 5.19. The van der Waals surface area contributed by atoms with Crippen molar-refractivity contribution in [1.29, 1.82) is 0 Å². The Morgan fingerprint density at radius 2 is 1.89 bits per heavy atom. The van der Waals surface area contributed by atoms with E-state index >= 15 is 0 Å². The van der Waals surface area contributed by atoms with E-state index in [1.165, 1.54) is 19.0 Å². The first-order valence-corrected chi connectivity index (χ1v) is 14.3. The molecule has 1 aromatic carbocycles. The lowest BCUT2D eigenvalue weighted by Crippen LogP contribution is -2.39. The van der Waals surface area contributed by atoms with E-state index in [9.17, 15) is 18.3 Å². The van der Waals surface area contributed by atoms with Crippen molar-refractivity contribution in [1.82, 2.24) is 24.4 Å². The molecule has 2 saturated heterocycles. The molecule has 0 amide bonds. The zero-order valence-electron chi connectivity index (χ0n) is 20.7. The lowest BCUT2D eigenvalue weighted by Gasteiger charge is -2.34. The number of likely N-dealkylation sites (tertiary alicyclic amines) is 1. The van der Waals surface area contributed by atoms with Gasteiger partial charge >= 0.3 is 5.97 Å². The number of sulfone groups is 1. The number of aromatic carboxylic acids is 1. The van der Waals surface area contributed by atoms with Gasteiger partial charge in [0.05, 0.1) is 10.6 Å². The number of carboxylic acid groups (broad SMARTS) is 1. The van der Waals surface area contributed by atoms with Crippen molar-refractivity contribution in [3.8, 4) is 11.3 Å². The number of benzene rings is 1. The van der Waals surface area contributed by atoms with E-state index in [1.54, 1.807) is 18.2 Å². The average molecular weight is 526 g/mol. The van der Waals surface area contributed by atoms with Crippen molar-refractivity contribution in [2.45, 2.75) is 36.6 Å². The van der Waals surface area contributed by atoms with E-state index in [2.05, 4.69) is 19.4 Å². The number of carboxylic acids is 1. The van der Waals surface area contributed by atoms with Gasteiger partial charge in [0, 0.05) is 50.1 Å². The molecule has 5 rings (SSSR count). The summed E-state index contributed by atoms with van der Waals surface area (Å²) in [5.41, 5.74) is 7.28. The second kappa shape index (κ2) is 10.1. The number of nitrogen functional groups attached to an aromatic ring is 1. The molecule has 0 unspecified atom stereocenters. The predicted octanol–water partition coefficient (Wildman–Crippen LogP) is 2.11. The summed E-state index contributed by atoms with van der Waals surface area (Å²) in [6, 6.07) is 6.91. The first-order chi connectivity index (χ1) is 17.7. The first kappa shape index (κ1) is 25.2. The van der Waals surface area contributed by atoms with Gasteiger partial charge in [-0.25, -0.2) is 28.2 Å². The Labute approximate surface area is 215 Å². The van der Waals surface area contributed by atoms with Crippen LogP contribution < -0.4 is 10.6 Å². The monoisotopic (exact) mass is 525 g/mol. The number of aromatic nitrogens is 4. The number of hydrogen-bond donors (Lipinski definition) is 2. The maximum atomic E-state index is 12.1. The fourth-order valence-electron chi connectivity index (χ4n) is 5.00. The minimum atomic E-state index is -3.33. The fourth-order valence-corrected chi connectivity index (χ4v) is 5.67. The molecule has 37 heavy (non-hydrogen) atoms. The van der Waals surface area contributed by atoms with Gasteiger partial charge < -0.3 is 25.2 Å². The van der Waals surface area contributed by atoms with Crippen LogP contribution in [0.3, 0.4) is 0 Å². The van der Waals surface area contributed by atoms with Gasteiger partial charge in [0.25, 0.3) is 0 Å². The van der Waals surface area contributed by atoms with Crippen molar-refractivity contribution in [3.05, 3.63) is 48.2 Å². The number of imidazole rings is 1. The van der Waals surface area contributed by atoms with Crippen molar-refractivity contribution < 1.29 is 18.3 Å². The highest BCUT2D eigenvalue weighted by atomic mass is 32.2. The highest BCUT2D eigenvalue weighted by Crippen LogP contribution is 2.33. The molecule has 3 N–H and O–H groups in total. The van der Waals surface area contributed by atoms with Crippen molar-refractivity contribution in [3.63, 3.8) is 0 Å². The number of piperidine rings is 1. The standard InChI is InChI=1S/C25H31N7O4S/c1-37(35,36)19-5-2-4-18(14-19)20-15-32(13-12-30-8-3-9-30)23(29-20)17-6-10-31(11-7-17)24-21(25(33)34)22(26)27-16-28-24/h2,4-5,14-17H,3,6-13H2,1H3,(H,33,34)(H2,26,27,28). The van der Waals surface area contributed by atoms with Crippen molar-refractivity contribution >= 4 is 27.4 Å². The van der Waals surface area contributed by atoms with Gasteiger partial charge in [0.2, 0.25) is 0 Å². The lowest BCUT2D eigenvalue weighted by molar-refractivity contribution is 0.0697. The molecule has 0 bridgehead atoms. The topological polar surface area (TPSA) is 148 Å².